The second-order valence-electron chi connectivity index (χ2n) is 4.65. The Labute approximate surface area is 129 Å². The molecule has 0 N–H and O–H groups in total. The summed E-state index contributed by atoms with van der Waals surface area (Å²) in [6, 6.07) is 0. The van der Waals surface area contributed by atoms with Crippen LogP contribution in [0, 0.1) is 5.92 Å². The Morgan fingerprint density at radius 2 is 1.67 bits per heavy atom. The Kier molecular flexibility index (Phi) is 5.83. The zero-order valence-corrected chi connectivity index (χ0v) is 14.5. The minimum atomic E-state index is 0.512. The molecule has 102 valence electrons. The van der Waals surface area contributed by atoms with Gasteiger partial charge in [0.15, 0.2) is 11.5 Å². The molecule has 0 saturated carbocycles. The number of rotatable bonds is 5. The van der Waals surface area contributed by atoms with E-state index in [1.165, 1.54) is 32.1 Å². The van der Waals surface area contributed by atoms with Crippen LogP contribution in [0.3, 0.4) is 0 Å². The van der Waals surface area contributed by atoms with Crippen LogP contribution in [0.25, 0.3) is 0 Å². The lowest BCUT2D eigenvalue weighted by atomic mass is 10.0. The average molecular weight is 398 g/mol. The number of thiophene rings is 1. The molecule has 0 fully saturated rings. The first-order valence-electron chi connectivity index (χ1n) is 6.45. The van der Waals surface area contributed by atoms with E-state index in [4.69, 9.17) is 9.47 Å². The van der Waals surface area contributed by atoms with E-state index in [0.29, 0.717) is 5.92 Å². The van der Waals surface area contributed by atoms with Gasteiger partial charge in [0.1, 0.15) is 7.57 Å². The van der Waals surface area contributed by atoms with Crippen molar-refractivity contribution >= 4 is 43.2 Å². The molecule has 1 aliphatic rings. The summed E-state index contributed by atoms with van der Waals surface area (Å²) in [5.74, 6) is 2.24. The van der Waals surface area contributed by atoms with Crippen LogP contribution in [0.2, 0.25) is 0 Å². The molecule has 1 aromatic heterocycles. The SMILES string of the molecule is CCCCCCC1COc2c(Br)sc(Br)c2OC1. The van der Waals surface area contributed by atoms with Crippen LogP contribution < -0.4 is 9.47 Å². The van der Waals surface area contributed by atoms with Crippen LogP contribution in [-0.2, 0) is 0 Å². The second-order valence-corrected chi connectivity index (χ2v) is 8.30. The summed E-state index contributed by atoms with van der Waals surface area (Å²) in [6.45, 7) is 3.77. The van der Waals surface area contributed by atoms with Gasteiger partial charge in [-0.1, -0.05) is 32.6 Å². The fourth-order valence-electron chi connectivity index (χ4n) is 2.07. The zero-order chi connectivity index (χ0) is 13.0. The van der Waals surface area contributed by atoms with Crippen LogP contribution in [0.4, 0.5) is 0 Å². The molecule has 0 atom stereocenters. The lowest BCUT2D eigenvalue weighted by Gasteiger charge is -2.13. The monoisotopic (exact) mass is 396 g/mol. The van der Waals surface area contributed by atoms with Gasteiger partial charge in [0.2, 0.25) is 0 Å². The lowest BCUT2D eigenvalue weighted by Crippen LogP contribution is -2.16. The maximum Gasteiger partial charge on any atom is 0.187 e. The predicted octanol–water partition coefficient (Wildman–Crippen LogP) is 5.63. The summed E-state index contributed by atoms with van der Waals surface area (Å²) in [4.78, 5) is 0. The maximum atomic E-state index is 5.88. The average Bonchev–Trinajstić information content (AvgIpc) is 2.54. The molecular weight excluding hydrogens is 380 g/mol. The van der Waals surface area contributed by atoms with E-state index in [1.54, 1.807) is 11.3 Å². The van der Waals surface area contributed by atoms with E-state index in [2.05, 4.69) is 38.8 Å². The van der Waals surface area contributed by atoms with Crippen molar-refractivity contribution in [2.45, 2.75) is 39.0 Å². The summed E-state index contributed by atoms with van der Waals surface area (Å²) in [5, 5.41) is 0. The molecule has 0 radical (unpaired) electrons. The molecule has 0 saturated heterocycles. The van der Waals surface area contributed by atoms with Gasteiger partial charge in [-0.25, -0.2) is 0 Å². The van der Waals surface area contributed by atoms with Crippen molar-refractivity contribution in [3.05, 3.63) is 7.57 Å². The van der Waals surface area contributed by atoms with E-state index in [0.717, 1.165) is 32.3 Å². The van der Waals surface area contributed by atoms with Crippen molar-refractivity contribution in [2.75, 3.05) is 13.2 Å². The molecule has 2 nitrogen and oxygen atoms in total. The number of halogens is 2. The summed E-state index contributed by atoms with van der Waals surface area (Å²) in [5.41, 5.74) is 0. The van der Waals surface area contributed by atoms with Crippen LogP contribution in [0.5, 0.6) is 11.5 Å². The largest absolute Gasteiger partial charge is 0.487 e. The van der Waals surface area contributed by atoms with Gasteiger partial charge >= 0.3 is 0 Å². The highest BCUT2D eigenvalue weighted by atomic mass is 79.9. The molecule has 0 bridgehead atoms. The molecule has 2 heterocycles. The highest BCUT2D eigenvalue weighted by Gasteiger charge is 2.24. The number of unbranched alkanes of at least 4 members (excludes halogenated alkanes) is 3. The number of hydrogen-bond acceptors (Lipinski definition) is 3. The molecule has 0 amide bonds. The van der Waals surface area contributed by atoms with Crippen molar-refractivity contribution in [2.24, 2.45) is 5.92 Å². The summed E-state index contributed by atoms with van der Waals surface area (Å²) >= 11 is 8.63. The topological polar surface area (TPSA) is 18.5 Å². The third kappa shape index (κ3) is 3.64. The fourth-order valence-corrected chi connectivity index (χ4v) is 4.93. The molecule has 0 aromatic carbocycles. The van der Waals surface area contributed by atoms with E-state index < -0.39 is 0 Å². The minimum Gasteiger partial charge on any atom is -0.487 e. The number of fused-ring (bicyclic) bond motifs is 1. The van der Waals surface area contributed by atoms with Gasteiger partial charge in [0.25, 0.3) is 0 Å². The van der Waals surface area contributed by atoms with Gasteiger partial charge in [-0.3, -0.25) is 0 Å². The van der Waals surface area contributed by atoms with Crippen molar-refractivity contribution in [3.8, 4) is 11.5 Å². The van der Waals surface area contributed by atoms with Gasteiger partial charge in [0.05, 0.1) is 13.2 Å². The van der Waals surface area contributed by atoms with Crippen molar-refractivity contribution < 1.29 is 9.47 Å². The van der Waals surface area contributed by atoms with Crippen molar-refractivity contribution in [1.29, 1.82) is 0 Å². The Morgan fingerprint density at radius 1 is 1.06 bits per heavy atom. The first kappa shape index (κ1) is 14.7. The van der Waals surface area contributed by atoms with Crippen LogP contribution in [-0.4, -0.2) is 13.2 Å². The molecule has 1 aromatic rings. The maximum absolute atomic E-state index is 5.88. The van der Waals surface area contributed by atoms with Crippen LogP contribution >= 0.6 is 43.2 Å². The highest BCUT2D eigenvalue weighted by Crippen LogP contribution is 2.49. The van der Waals surface area contributed by atoms with E-state index in [1.807, 2.05) is 0 Å². The van der Waals surface area contributed by atoms with Gasteiger partial charge in [-0.05, 0) is 38.3 Å². The van der Waals surface area contributed by atoms with Crippen molar-refractivity contribution in [3.63, 3.8) is 0 Å². The zero-order valence-electron chi connectivity index (χ0n) is 10.5. The molecule has 5 heteroatoms. The summed E-state index contributed by atoms with van der Waals surface area (Å²) < 4.78 is 13.8. The third-order valence-corrected chi connectivity index (χ3v) is 5.56. The fraction of sp³-hybridized carbons (Fsp3) is 0.692. The quantitative estimate of drug-likeness (QED) is 0.599. The Morgan fingerprint density at radius 3 is 2.22 bits per heavy atom. The van der Waals surface area contributed by atoms with Crippen molar-refractivity contribution in [1.82, 2.24) is 0 Å². The number of ether oxygens (including phenoxy) is 2. The standard InChI is InChI=1S/C13H18Br2O2S/c1-2-3-4-5-6-9-7-16-10-11(17-8-9)13(15)18-12(10)14/h9H,2-8H2,1H3. The van der Waals surface area contributed by atoms with Crippen LogP contribution in [0.15, 0.2) is 7.57 Å². The first-order valence-corrected chi connectivity index (χ1v) is 8.86. The number of hydrogen-bond donors (Lipinski definition) is 0. The Bertz CT molecular complexity index is 364. The van der Waals surface area contributed by atoms with E-state index in [9.17, 15) is 0 Å². The van der Waals surface area contributed by atoms with E-state index >= 15 is 0 Å². The molecule has 1 aliphatic heterocycles. The van der Waals surface area contributed by atoms with Crippen LogP contribution in [0.1, 0.15) is 39.0 Å². The third-order valence-electron chi connectivity index (χ3n) is 3.14. The molecule has 2 rings (SSSR count). The van der Waals surface area contributed by atoms with Gasteiger partial charge in [-0.2, -0.15) is 0 Å². The van der Waals surface area contributed by atoms with E-state index in [-0.39, 0.29) is 0 Å². The smallest absolute Gasteiger partial charge is 0.187 e. The molecule has 0 unspecified atom stereocenters. The highest BCUT2D eigenvalue weighted by molar-refractivity contribution is 9.12. The molecule has 18 heavy (non-hydrogen) atoms. The Balaban J connectivity index is 1.86. The normalized spacial score (nSPS) is 15.7. The second kappa shape index (κ2) is 7.15. The van der Waals surface area contributed by atoms with Gasteiger partial charge < -0.3 is 9.47 Å². The molecule has 0 aliphatic carbocycles. The predicted molar refractivity (Wildman–Crippen MR) is 83.0 cm³/mol. The minimum absolute atomic E-state index is 0.512. The van der Waals surface area contributed by atoms with Gasteiger partial charge in [-0.15, -0.1) is 11.3 Å². The lowest BCUT2D eigenvalue weighted by molar-refractivity contribution is 0.201. The van der Waals surface area contributed by atoms with Gasteiger partial charge in [0, 0.05) is 5.92 Å². The molecular formula is C13H18Br2O2S. The summed E-state index contributed by atoms with van der Waals surface area (Å²) in [6.07, 6.45) is 6.41. The summed E-state index contributed by atoms with van der Waals surface area (Å²) in [7, 11) is 0. The Hall–Kier alpha value is 0.260. The molecule has 0 spiro atoms. The first-order chi connectivity index (χ1) is 8.72.